The van der Waals surface area contributed by atoms with Crippen LogP contribution in [0.4, 0.5) is 5.82 Å². The molecule has 0 saturated carbocycles. The van der Waals surface area contributed by atoms with E-state index in [1.807, 2.05) is 6.07 Å². The van der Waals surface area contributed by atoms with E-state index in [9.17, 15) is 0 Å². The Morgan fingerprint density at radius 3 is 2.81 bits per heavy atom. The Bertz CT molecular complexity index is 304. The molecule has 0 bridgehead atoms. The molecule has 0 aromatic carbocycles. The molecular weight excluding hydrogens is 202 g/mol. The minimum atomic E-state index is 0.254. The minimum absolute atomic E-state index is 0.254. The van der Waals surface area contributed by atoms with Crippen LogP contribution in [0, 0.1) is 5.92 Å². The summed E-state index contributed by atoms with van der Waals surface area (Å²) in [6, 6.07) is 1.98. The van der Waals surface area contributed by atoms with Crippen molar-refractivity contribution in [2.75, 3.05) is 18.5 Å². The van der Waals surface area contributed by atoms with Gasteiger partial charge in [-0.05, 0) is 18.8 Å². The molecule has 16 heavy (non-hydrogen) atoms. The van der Waals surface area contributed by atoms with E-state index in [2.05, 4.69) is 29.1 Å². The highest BCUT2D eigenvalue weighted by molar-refractivity contribution is 5.34. The third-order valence-electron chi connectivity index (χ3n) is 2.77. The van der Waals surface area contributed by atoms with E-state index in [4.69, 9.17) is 5.11 Å². The molecule has 2 N–H and O–H groups in total. The zero-order valence-corrected chi connectivity index (χ0v) is 10.1. The second-order valence-corrected chi connectivity index (χ2v) is 3.92. The maximum atomic E-state index is 8.89. The maximum Gasteiger partial charge on any atom is 0.129 e. The maximum absolute atomic E-state index is 8.89. The van der Waals surface area contributed by atoms with Gasteiger partial charge in [0.1, 0.15) is 12.1 Å². The molecule has 1 unspecified atom stereocenters. The van der Waals surface area contributed by atoms with Gasteiger partial charge in [0.15, 0.2) is 0 Å². The van der Waals surface area contributed by atoms with Crippen LogP contribution in [0.1, 0.15) is 32.4 Å². The Hall–Kier alpha value is -1.16. The molecule has 0 amide bonds. The Balaban J connectivity index is 2.46. The predicted molar refractivity (Wildman–Crippen MR) is 65.4 cm³/mol. The lowest BCUT2D eigenvalue weighted by atomic mass is 10.0. The third kappa shape index (κ3) is 4.14. The summed E-state index contributed by atoms with van der Waals surface area (Å²) in [4.78, 5) is 8.32. The topological polar surface area (TPSA) is 58.0 Å². The van der Waals surface area contributed by atoms with Crippen molar-refractivity contribution in [2.45, 2.75) is 33.1 Å². The Kier molecular flexibility index (Phi) is 5.78. The fourth-order valence-corrected chi connectivity index (χ4v) is 1.57. The van der Waals surface area contributed by atoms with Crippen LogP contribution in [0.5, 0.6) is 0 Å². The van der Waals surface area contributed by atoms with E-state index in [1.54, 1.807) is 6.33 Å². The third-order valence-corrected chi connectivity index (χ3v) is 2.77. The molecule has 1 aromatic rings. The summed E-state index contributed by atoms with van der Waals surface area (Å²) in [5.41, 5.74) is 1.05. The Morgan fingerprint density at radius 2 is 2.19 bits per heavy atom. The molecule has 0 spiro atoms. The smallest absolute Gasteiger partial charge is 0.129 e. The summed E-state index contributed by atoms with van der Waals surface area (Å²) < 4.78 is 0. The molecule has 0 aliphatic heterocycles. The molecule has 1 heterocycles. The number of nitrogens with one attached hydrogen (secondary N) is 1. The number of anilines is 1. The Labute approximate surface area is 97.1 Å². The summed E-state index contributed by atoms with van der Waals surface area (Å²) in [5.74, 6) is 1.38. The second kappa shape index (κ2) is 7.17. The van der Waals surface area contributed by atoms with E-state index in [0.717, 1.165) is 37.3 Å². The first kappa shape index (κ1) is 12.9. The van der Waals surface area contributed by atoms with Crippen LogP contribution >= 0.6 is 0 Å². The van der Waals surface area contributed by atoms with Gasteiger partial charge in [-0.1, -0.05) is 20.3 Å². The monoisotopic (exact) mass is 223 g/mol. The lowest BCUT2D eigenvalue weighted by molar-refractivity contribution is 0.258. The highest BCUT2D eigenvalue weighted by atomic mass is 16.3. The molecule has 0 aliphatic carbocycles. The fourth-order valence-electron chi connectivity index (χ4n) is 1.57. The highest BCUT2D eigenvalue weighted by Gasteiger charge is 2.05. The first-order valence-corrected chi connectivity index (χ1v) is 5.95. The molecule has 4 heteroatoms. The molecule has 0 fully saturated rings. The number of hydrogen-bond acceptors (Lipinski definition) is 4. The van der Waals surface area contributed by atoms with Crippen molar-refractivity contribution < 1.29 is 5.11 Å². The molecule has 1 aromatic heterocycles. The molecule has 90 valence electrons. The van der Waals surface area contributed by atoms with Gasteiger partial charge < -0.3 is 10.4 Å². The SMILES string of the molecule is CCc1cc(NCC(CC)CCO)ncn1. The van der Waals surface area contributed by atoms with Crippen LogP contribution in [-0.4, -0.2) is 28.2 Å². The lowest BCUT2D eigenvalue weighted by Gasteiger charge is -2.14. The number of aliphatic hydroxyl groups excluding tert-OH is 1. The average Bonchev–Trinajstić information content (AvgIpc) is 2.34. The summed E-state index contributed by atoms with van der Waals surface area (Å²) in [7, 11) is 0. The van der Waals surface area contributed by atoms with Crippen LogP contribution in [0.15, 0.2) is 12.4 Å². The van der Waals surface area contributed by atoms with Gasteiger partial charge in [0, 0.05) is 24.9 Å². The van der Waals surface area contributed by atoms with E-state index < -0.39 is 0 Å². The van der Waals surface area contributed by atoms with Crippen molar-refractivity contribution in [3.05, 3.63) is 18.1 Å². The number of rotatable bonds is 7. The van der Waals surface area contributed by atoms with E-state index in [0.29, 0.717) is 5.92 Å². The van der Waals surface area contributed by atoms with Gasteiger partial charge in [-0.25, -0.2) is 9.97 Å². The van der Waals surface area contributed by atoms with Crippen LogP contribution in [0.25, 0.3) is 0 Å². The summed E-state index contributed by atoms with van der Waals surface area (Å²) >= 11 is 0. The quantitative estimate of drug-likeness (QED) is 0.740. The molecule has 0 radical (unpaired) electrons. The number of hydrogen-bond donors (Lipinski definition) is 2. The number of aryl methyl sites for hydroxylation is 1. The van der Waals surface area contributed by atoms with E-state index >= 15 is 0 Å². The zero-order valence-electron chi connectivity index (χ0n) is 10.1. The lowest BCUT2D eigenvalue weighted by Crippen LogP contribution is -2.15. The van der Waals surface area contributed by atoms with Crippen molar-refractivity contribution in [1.82, 2.24) is 9.97 Å². The second-order valence-electron chi connectivity index (χ2n) is 3.92. The first-order valence-electron chi connectivity index (χ1n) is 5.95. The number of nitrogens with zero attached hydrogens (tertiary/aromatic N) is 2. The molecule has 1 rings (SSSR count). The normalized spacial score (nSPS) is 12.4. The zero-order chi connectivity index (χ0) is 11.8. The highest BCUT2D eigenvalue weighted by Crippen LogP contribution is 2.10. The van der Waals surface area contributed by atoms with Crippen molar-refractivity contribution in [3.63, 3.8) is 0 Å². The molecule has 1 atom stereocenters. The largest absolute Gasteiger partial charge is 0.396 e. The van der Waals surface area contributed by atoms with Crippen molar-refractivity contribution in [1.29, 1.82) is 0 Å². The first-order chi connectivity index (χ1) is 7.80. The molecule has 4 nitrogen and oxygen atoms in total. The molecule has 0 aliphatic rings. The van der Waals surface area contributed by atoms with Gasteiger partial charge in [-0.2, -0.15) is 0 Å². The Morgan fingerprint density at radius 1 is 1.38 bits per heavy atom. The van der Waals surface area contributed by atoms with Crippen LogP contribution < -0.4 is 5.32 Å². The van der Waals surface area contributed by atoms with Gasteiger partial charge in [-0.3, -0.25) is 0 Å². The van der Waals surface area contributed by atoms with Crippen molar-refractivity contribution >= 4 is 5.82 Å². The van der Waals surface area contributed by atoms with Gasteiger partial charge in [-0.15, -0.1) is 0 Å². The molecule has 0 saturated heterocycles. The van der Waals surface area contributed by atoms with Crippen LogP contribution in [0.3, 0.4) is 0 Å². The van der Waals surface area contributed by atoms with E-state index in [-0.39, 0.29) is 6.61 Å². The van der Waals surface area contributed by atoms with Gasteiger partial charge >= 0.3 is 0 Å². The van der Waals surface area contributed by atoms with Crippen LogP contribution in [0.2, 0.25) is 0 Å². The predicted octanol–water partition coefficient (Wildman–Crippen LogP) is 1.86. The number of aromatic nitrogens is 2. The fraction of sp³-hybridized carbons (Fsp3) is 0.667. The minimum Gasteiger partial charge on any atom is -0.396 e. The van der Waals surface area contributed by atoms with Crippen molar-refractivity contribution in [3.8, 4) is 0 Å². The van der Waals surface area contributed by atoms with Gasteiger partial charge in [0.2, 0.25) is 0 Å². The van der Waals surface area contributed by atoms with Crippen LogP contribution in [-0.2, 0) is 6.42 Å². The summed E-state index contributed by atoms with van der Waals surface area (Å²) in [6.07, 6.45) is 4.42. The van der Waals surface area contributed by atoms with Crippen molar-refractivity contribution in [2.24, 2.45) is 5.92 Å². The summed E-state index contributed by atoms with van der Waals surface area (Å²) in [5, 5.41) is 12.2. The number of aliphatic hydroxyl groups is 1. The van der Waals surface area contributed by atoms with E-state index in [1.165, 1.54) is 0 Å². The average molecular weight is 223 g/mol. The van der Waals surface area contributed by atoms with Gasteiger partial charge in [0.25, 0.3) is 0 Å². The standard InChI is InChI=1S/C12H21N3O/c1-3-10(5-6-16)8-13-12-7-11(4-2)14-9-15-12/h7,9-10,16H,3-6,8H2,1-2H3,(H,13,14,15). The van der Waals surface area contributed by atoms with Gasteiger partial charge in [0.05, 0.1) is 0 Å². The molecular formula is C12H21N3O. The summed E-state index contributed by atoms with van der Waals surface area (Å²) in [6.45, 7) is 5.33.